The molecular formula is C25H26N4O3S. The molecule has 0 N–H and O–H groups in total. The Morgan fingerprint density at radius 1 is 0.909 bits per heavy atom. The summed E-state index contributed by atoms with van der Waals surface area (Å²) >= 11 is 0. The molecule has 1 aromatic heterocycles. The SMILES string of the molecule is O=C(c1cccc(S(=O)(=O)N2CCc3ccccc32)c1)N1CCN(Cc2cccnc2)CC1. The molecule has 0 spiro atoms. The van der Waals surface area contributed by atoms with Crippen molar-refractivity contribution in [1.29, 1.82) is 0 Å². The molecule has 2 aliphatic rings. The zero-order chi connectivity index (χ0) is 22.8. The van der Waals surface area contributed by atoms with Crippen molar-refractivity contribution in [1.82, 2.24) is 14.8 Å². The Balaban J connectivity index is 1.28. The highest BCUT2D eigenvalue weighted by Crippen LogP contribution is 2.32. The summed E-state index contributed by atoms with van der Waals surface area (Å²) in [6, 6.07) is 18.0. The summed E-state index contributed by atoms with van der Waals surface area (Å²) in [7, 11) is -3.73. The lowest BCUT2D eigenvalue weighted by Gasteiger charge is -2.34. The molecule has 8 heteroatoms. The Hall–Kier alpha value is -3.23. The van der Waals surface area contributed by atoms with Gasteiger partial charge in [-0.2, -0.15) is 0 Å². The zero-order valence-corrected chi connectivity index (χ0v) is 19.1. The third kappa shape index (κ3) is 4.36. The van der Waals surface area contributed by atoms with Gasteiger partial charge in [-0.3, -0.25) is 19.0 Å². The molecule has 33 heavy (non-hydrogen) atoms. The third-order valence-electron chi connectivity index (χ3n) is 6.30. The van der Waals surface area contributed by atoms with E-state index >= 15 is 0 Å². The van der Waals surface area contributed by atoms with Gasteiger partial charge in [0.05, 0.1) is 10.6 Å². The largest absolute Gasteiger partial charge is 0.336 e. The van der Waals surface area contributed by atoms with E-state index < -0.39 is 10.0 Å². The Morgan fingerprint density at radius 3 is 2.52 bits per heavy atom. The topological polar surface area (TPSA) is 73.8 Å². The van der Waals surface area contributed by atoms with Gasteiger partial charge in [0.1, 0.15) is 0 Å². The van der Waals surface area contributed by atoms with E-state index in [1.807, 2.05) is 36.5 Å². The first-order chi connectivity index (χ1) is 16.0. The quantitative estimate of drug-likeness (QED) is 0.583. The smallest absolute Gasteiger partial charge is 0.264 e. The third-order valence-corrected chi connectivity index (χ3v) is 8.11. The van der Waals surface area contributed by atoms with E-state index in [4.69, 9.17) is 0 Å². The molecule has 1 amide bonds. The molecule has 170 valence electrons. The van der Waals surface area contributed by atoms with Gasteiger partial charge in [-0.15, -0.1) is 0 Å². The van der Waals surface area contributed by atoms with Crippen LogP contribution in [-0.2, 0) is 23.0 Å². The lowest BCUT2D eigenvalue weighted by Crippen LogP contribution is -2.48. The fraction of sp³-hybridized carbons (Fsp3) is 0.280. The van der Waals surface area contributed by atoms with Crippen LogP contribution in [0.2, 0.25) is 0 Å². The van der Waals surface area contributed by atoms with Crippen molar-refractivity contribution in [3.05, 3.63) is 89.7 Å². The Kier molecular flexibility index (Phi) is 5.86. The fourth-order valence-corrected chi connectivity index (χ4v) is 6.07. The van der Waals surface area contributed by atoms with Gasteiger partial charge in [0, 0.05) is 57.2 Å². The lowest BCUT2D eigenvalue weighted by molar-refractivity contribution is 0.0628. The van der Waals surface area contributed by atoms with Crippen molar-refractivity contribution >= 4 is 21.6 Å². The zero-order valence-electron chi connectivity index (χ0n) is 18.3. The van der Waals surface area contributed by atoms with Crippen LogP contribution in [0.3, 0.4) is 0 Å². The summed E-state index contributed by atoms with van der Waals surface area (Å²) in [6.45, 7) is 3.97. The molecule has 2 aromatic carbocycles. The lowest BCUT2D eigenvalue weighted by atomic mass is 10.1. The van der Waals surface area contributed by atoms with Crippen molar-refractivity contribution in [3.63, 3.8) is 0 Å². The second-order valence-electron chi connectivity index (χ2n) is 8.41. The Labute approximate surface area is 194 Å². The molecule has 7 nitrogen and oxygen atoms in total. The first-order valence-electron chi connectivity index (χ1n) is 11.1. The van der Waals surface area contributed by atoms with Gasteiger partial charge in [0.2, 0.25) is 0 Å². The van der Waals surface area contributed by atoms with Crippen molar-refractivity contribution in [2.24, 2.45) is 0 Å². The number of para-hydroxylation sites is 1. The molecule has 0 saturated carbocycles. The van der Waals surface area contributed by atoms with Gasteiger partial charge in [0.15, 0.2) is 0 Å². The highest BCUT2D eigenvalue weighted by molar-refractivity contribution is 7.92. The maximum atomic E-state index is 13.4. The summed E-state index contributed by atoms with van der Waals surface area (Å²) in [5.74, 6) is -0.130. The first kappa shape index (κ1) is 21.6. The number of anilines is 1. The van der Waals surface area contributed by atoms with Crippen LogP contribution in [0.4, 0.5) is 5.69 Å². The summed E-state index contributed by atoms with van der Waals surface area (Å²) in [4.78, 5) is 21.6. The van der Waals surface area contributed by atoms with Crippen LogP contribution in [0, 0.1) is 0 Å². The minimum Gasteiger partial charge on any atom is -0.336 e. The summed E-state index contributed by atoms with van der Waals surface area (Å²) in [5, 5.41) is 0. The van der Waals surface area contributed by atoms with Crippen LogP contribution >= 0.6 is 0 Å². The van der Waals surface area contributed by atoms with Gasteiger partial charge in [-0.1, -0.05) is 30.3 Å². The second kappa shape index (κ2) is 8.96. The number of aromatic nitrogens is 1. The Morgan fingerprint density at radius 2 is 1.73 bits per heavy atom. The van der Waals surface area contributed by atoms with Gasteiger partial charge >= 0.3 is 0 Å². The number of sulfonamides is 1. The molecule has 0 bridgehead atoms. The molecule has 1 saturated heterocycles. The van der Waals surface area contributed by atoms with Crippen LogP contribution in [-0.4, -0.2) is 61.8 Å². The number of carbonyl (C=O) groups is 1. The fourth-order valence-electron chi connectivity index (χ4n) is 4.52. The standard InChI is InChI=1S/C25H26N4O3S/c30-25(28-15-13-27(14-16-28)19-20-5-4-11-26-18-20)22-7-3-8-23(17-22)33(31,32)29-12-10-21-6-1-2-9-24(21)29/h1-9,11,17-18H,10,12-16,19H2. The monoisotopic (exact) mass is 462 g/mol. The predicted octanol–water partition coefficient (Wildman–Crippen LogP) is 2.79. The normalized spacial score (nSPS) is 16.6. The molecule has 1 fully saturated rings. The molecule has 3 heterocycles. The van der Waals surface area contributed by atoms with E-state index in [-0.39, 0.29) is 10.8 Å². The van der Waals surface area contributed by atoms with Crippen molar-refractivity contribution in [3.8, 4) is 0 Å². The number of benzene rings is 2. The summed E-state index contributed by atoms with van der Waals surface area (Å²) < 4.78 is 28.2. The van der Waals surface area contributed by atoms with Crippen LogP contribution < -0.4 is 4.31 Å². The number of carbonyl (C=O) groups excluding carboxylic acids is 1. The minimum absolute atomic E-state index is 0.130. The van der Waals surface area contributed by atoms with Crippen LogP contribution in [0.25, 0.3) is 0 Å². The van der Waals surface area contributed by atoms with Crippen molar-refractivity contribution < 1.29 is 13.2 Å². The second-order valence-corrected chi connectivity index (χ2v) is 10.3. The molecular weight excluding hydrogens is 436 g/mol. The van der Waals surface area contributed by atoms with Gasteiger partial charge < -0.3 is 4.90 Å². The number of pyridine rings is 1. The Bertz CT molecular complexity index is 1260. The molecule has 0 unspecified atom stereocenters. The van der Waals surface area contributed by atoms with Gasteiger partial charge in [-0.05, 0) is 47.9 Å². The predicted molar refractivity (Wildman–Crippen MR) is 127 cm³/mol. The number of amides is 1. The summed E-state index contributed by atoms with van der Waals surface area (Å²) in [6.07, 6.45) is 4.32. The van der Waals surface area contributed by atoms with E-state index in [1.54, 1.807) is 29.3 Å². The van der Waals surface area contributed by atoms with E-state index in [9.17, 15) is 13.2 Å². The number of hydrogen-bond acceptors (Lipinski definition) is 5. The number of rotatable bonds is 5. The molecule has 0 atom stereocenters. The van der Waals surface area contributed by atoms with E-state index in [1.165, 1.54) is 10.4 Å². The van der Waals surface area contributed by atoms with Crippen molar-refractivity contribution in [2.45, 2.75) is 17.9 Å². The molecule has 0 aliphatic carbocycles. The number of nitrogens with zero attached hydrogens (tertiary/aromatic N) is 4. The molecule has 0 radical (unpaired) electrons. The molecule has 3 aromatic rings. The van der Waals surface area contributed by atoms with Gasteiger partial charge in [0.25, 0.3) is 15.9 Å². The molecule has 2 aliphatic heterocycles. The van der Waals surface area contributed by atoms with Crippen LogP contribution in [0.1, 0.15) is 21.5 Å². The van der Waals surface area contributed by atoms with E-state index in [0.717, 1.165) is 36.4 Å². The number of piperazine rings is 1. The van der Waals surface area contributed by atoms with E-state index in [2.05, 4.69) is 16.0 Å². The highest BCUT2D eigenvalue weighted by atomic mass is 32.2. The van der Waals surface area contributed by atoms with E-state index in [0.29, 0.717) is 31.6 Å². The van der Waals surface area contributed by atoms with Gasteiger partial charge in [-0.25, -0.2) is 8.42 Å². The number of hydrogen-bond donors (Lipinski definition) is 0. The minimum atomic E-state index is -3.73. The average Bonchev–Trinajstić information content (AvgIpc) is 3.30. The first-order valence-corrected chi connectivity index (χ1v) is 12.6. The maximum absolute atomic E-state index is 13.4. The van der Waals surface area contributed by atoms with Crippen LogP contribution in [0.15, 0.2) is 78.0 Å². The number of fused-ring (bicyclic) bond motifs is 1. The average molecular weight is 463 g/mol. The van der Waals surface area contributed by atoms with Crippen LogP contribution in [0.5, 0.6) is 0 Å². The highest BCUT2D eigenvalue weighted by Gasteiger charge is 2.31. The maximum Gasteiger partial charge on any atom is 0.264 e. The van der Waals surface area contributed by atoms with Crippen molar-refractivity contribution in [2.75, 3.05) is 37.0 Å². The summed E-state index contributed by atoms with van der Waals surface area (Å²) in [5.41, 5.74) is 3.30. The molecule has 5 rings (SSSR count).